The molecule has 0 aliphatic heterocycles. The molecule has 14 heteroatoms. The van der Waals surface area contributed by atoms with Crippen LogP contribution >= 0.6 is 0 Å². The quantitative estimate of drug-likeness (QED) is 0.436. The maximum Gasteiger partial charge on any atom is 0.460 e. The highest BCUT2D eigenvalue weighted by Gasteiger charge is 2.91. The molecule has 156 valence electrons. The molecule has 1 aromatic rings. The Morgan fingerprint density at radius 1 is 0.667 bits per heavy atom. The van der Waals surface area contributed by atoms with Crippen LogP contribution in [-0.4, -0.2) is 29.9 Å². The van der Waals surface area contributed by atoms with Crippen LogP contribution in [-0.2, 0) is 12.5 Å². The van der Waals surface area contributed by atoms with Gasteiger partial charge in [0.1, 0.15) is 6.54 Å². The van der Waals surface area contributed by atoms with E-state index >= 15 is 0 Å². The topological polar surface area (TPSA) is 3.88 Å². The molecule has 1 heterocycles. The Labute approximate surface area is 142 Å². The SMILES string of the molecule is CC[n+]1ccccc1C(F)(F)C(F)(F)C(F)(F)C(F)(F)C(F)(F)C(F)(F)F. The van der Waals surface area contributed by atoms with Crippen LogP contribution in [0.25, 0.3) is 0 Å². The molecule has 0 atom stereocenters. The molecular weight excluding hydrogens is 417 g/mol. The third kappa shape index (κ3) is 3.10. The van der Waals surface area contributed by atoms with E-state index in [9.17, 15) is 57.1 Å². The third-order valence-electron chi connectivity index (χ3n) is 3.54. The summed E-state index contributed by atoms with van der Waals surface area (Å²) < 4.78 is 170. The molecular formula is C13H9F13N+. The summed E-state index contributed by atoms with van der Waals surface area (Å²) in [6.07, 6.45) is -6.76. The van der Waals surface area contributed by atoms with Crippen LogP contribution in [0.1, 0.15) is 12.6 Å². The Kier molecular flexibility index (Phi) is 5.52. The summed E-state index contributed by atoms with van der Waals surface area (Å²) in [4.78, 5) is 0. The van der Waals surface area contributed by atoms with Gasteiger partial charge in [-0.3, -0.25) is 0 Å². The molecule has 1 rings (SSSR count). The van der Waals surface area contributed by atoms with E-state index in [4.69, 9.17) is 0 Å². The summed E-state index contributed by atoms with van der Waals surface area (Å²) in [6.45, 7) is 0.491. The highest BCUT2D eigenvalue weighted by molar-refractivity contribution is 5.16. The predicted molar refractivity (Wildman–Crippen MR) is 62.0 cm³/mol. The maximum atomic E-state index is 14.0. The van der Waals surface area contributed by atoms with Crippen LogP contribution in [0.2, 0.25) is 0 Å². The van der Waals surface area contributed by atoms with Crippen LogP contribution in [0.15, 0.2) is 24.4 Å². The van der Waals surface area contributed by atoms with Gasteiger partial charge in [0, 0.05) is 12.1 Å². The average Bonchev–Trinajstić information content (AvgIpc) is 2.52. The summed E-state index contributed by atoms with van der Waals surface area (Å²) in [6, 6.07) is 1.69. The molecule has 27 heavy (non-hydrogen) atoms. The van der Waals surface area contributed by atoms with E-state index in [2.05, 4.69) is 0 Å². The van der Waals surface area contributed by atoms with E-state index < -0.39 is 48.0 Å². The first-order valence-electron chi connectivity index (χ1n) is 6.75. The van der Waals surface area contributed by atoms with Gasteiger partial charge in [-0.15, -0.1) is 0 Å². The number of hydrogen-bond donors (Lipinski definition) is 0. The molecule has 0 fully saturated rings. The molecule has 0 bridgehead atoms. The summed E-state index contributed by atoms with van der Waals surface area (Å²) in [5, 5.41) is 0. The molecule has 0 N–H and O–H groups in total. The predicted octanol–water partition coefficient (Wildman–Crippen LogP) is 5.19. The van der Waals surface area contributed by atoms with E-state index in [-0.39, 0.29) is 10.6 Å². The molecule has 0 spiro atoms. The number of halogens is 13. The van der Waals surface area contributed by atoms with Crippen molar-refractivity contribution in [3.05, 3.63) is 30.1 Å². The Morgan fingerprint density at radius 2 is 1.11 bits per heavy atom. The number of pyridine rings is 1. The Morgan fingerprint density at radius 3 is 1.52 bits per heavy atom. The third-order valence-corrected chi connectivity index (χ3v) is 3.54. The number of rotatable bonds is 6. The summed E-state index contributed by atoms with van der Waals surface area (Å²) >= 11 is 0. The van der Waals surface area contributed by atoms with Crippen molar-refractivity contribution < 1.29 is 61.6 Å². The minimum atomic E-state index is -7.89. The standard InChI is InChI=1S/C13H9F13N/c1-2-27-6-4-3-5-7(27)8(14,15)9(16,17)10(18,19)11(20,21)12(22,23)13(24,25)26/h3-6H,2H2,1H3/q+1. The molecule has 0 saturated heterocycles. The number of aromatic nitrogens is 1. The fraction of sp³-hybridized carbons (Fsp3) is 0.615. The van der Waals surface area contributed by atoms with Crippen LogP contribution in [0.3, 0.4) is 0 Å². The van der Waals surface area contributed by atoms with Gasteiger partial charge in [0.25, 0.3) is 5.69 Å². The van der Waals surface area contributed by atoms with Gasteiger partial charge < -0.3 is 0 Å². The second-order valence-corrected chi connectivity index (χ2v) is 5.24. The zero-order valence-corrected chi connectivity index (χ0v) is 12.9. The first kappa shape index (κ1) is 23.3. The van der Waals surface area contributed by atoms with Gasteiger partial charge in [-0.1, -0.05) is 0 Å². The van der Waals surface area contributed by atoms with E-state index in [1.165, 1.54) is 0 Å². The monoisotopic (exact) mass is 426 g/mol. The largest absolute Gasteiger partial charge is 0.460 e. The Hall–Kier alpha value is -1.76. The van der Waals surface area contributed by atoms with E-state index in [0.29, 0.717) is 12.3 Å². The smallest absolute Gasteiger partial charge is 0.197 e. The van der Waals surface area contributed by atoms with Gasteiger partial charge in [0.2, 0.25) is 0 Å². The van der Waals surface area contributed by atoms with Gasteiger partial charge in [-0.05, 0) is 13.0 Å². The highest BCUT2D eigenvalue weighted by atomic mass is 19.4. The van der Waals surface area contributed by atoms with Gasteiger partial charge in [0.15, 0.2) is 6.20 Å². The summed E-state index contributed by atoms with van der Waals surface area (Å²) in [5.74, 6) is -37.0. The number of aryl methyl sites for hydroxylation is 1. The van der Waals surface area contributed by atoms with Gasteiger partial charge in [-0.25, -0.2) is 0 Å². The minimum Gasteiger partial charge on any atom is -0.197 e. The fourth-order valence-corrected chi connectivity index (χ4v) is 1.97. The number of nitrogens with zero attached hydrogens (tertiary/aromatic N) is 1. The highest BCUT2D eigenvalue weighted by Crippen LogP contribution is 2.61. The van der Waals surface area contributed by atoms with Gasteiger partial charge >= 0.3 is 35.8 Å². The first-order valence-corrected chi connectivity index (χ1v) is 6.75. The fourth-order valence-electron chi connectivity index (χ4n) is 1.97. The second kappa shape index (κ2) is 6.40. The zero-order chi connectivity index (χ0) is 21.7. The lowest BCUT2D eigenvalue weighted by atomic mass is 9.92. The first-order chi connectivity index (χ1) is 11.8. The molecule has 0 aromatic carbocycles. The van der Waals surface area contributed by atoms with E-state index in [1.807, 2.05) is 0 Å². The van der Waals surface area contributed by atoms with Crippen LogP contribution in [0.5, 0.6) is 0 Å². The van der Waals surface area contributed by atoms with Crippen molar-refractivity contribution in [2.75, 3.05) is 0 Å². The van der Waals surface area contributed by atoms with Crippen molar-refractivity contribution in [3.63, 3.8) is 0 Å². The lowest BCUT2D eigenvalue weighted by Gasteiger charge is -2.38. The van der Waals surface area contributed by atoms with Crippen LogP contribution in [0.4, 0.5) is 57.1 Å². The van der Waals surface area contributed by atoms with Gasteiger partial charge in [0.05, 0.1) is 0 Å². The lowest BCUT2D eigenvalue weighted by Crippen LogP contribution is -2.70. The van der Waals surface area contributed by atoms with E-state index in [0.717, 1.165) is 13.0 Å². The molecule has 0 saturated carbocycles. The second-order valence-electron chi connectivity index (χ2n) is 5.24. The van der Waals surface area contributed by atoms with Crippen LogP contribution < -0.4 is 4.57 Å². The van der Waals surface area contributed by atoms with Crippen molar-refractivity contribution in [1.29, 1.82) is 0 Å². The summed E-state index contributed by atoms with van der Waals surface area (Å²) in [5.41, 5.74) is -2.00. The van der Waals surface area contributed by atoms with Crippen LogP contribution in [0, 0.1) is 0 Å². The summed E-state index contributed by atoms with van der Waals surface area (Å²) in [7, 11) is 0. The zero-order valence-electron chi connectivity index (χ0n) is 12.9. The molecule has 0 unspecified atom stereocenters. The number of hydrogen-bond acceptors (Lipinski definition) is 0. The molecule has 1 aromatic heterocycles. The Bertz CT molecular complexity index is 677. The molecule has 1 nitrogen and oxygen atoms in total. The van der Waals surface area contributed by atoms with Crippen molar-refractivity contribution >= 4 is 0 Å². The molecule has 0 aliphatic carbocycles. The Balaban J connectivity index is 3.64. The number of alkyl halides is 13. The normalized spacial score (nSPS) is 15.2. The van der Waals surface area contributed by atoms with Crippen molar-refractivity contribution in [2.24, 2.45) is 0 Å². The van der Waals surface area contributed by atoms with Crippen molar-refractivity contribution in [3.8, 4) is 0 Å². The minimum absolute atomic E-state index is 0.105. The van der Waals surface area contributed by atoms with Gasteiger partial charge in [-0.2, -0.15) is 61.6 Å². The maximum absolute atomic E-state index is 14.0. The van der Waals surface area contributed by atoms with Crippen molar-refractivity contribution in [2.45, 2.75) is 49.3 Å². The molecule has 0 amide bonds. The molecule has 0 aliphatic rings. The molecule has 0 radical (unpaired) electrons. The van der Waals surface area contributed by atoms with Crippen molar-refractivity contribution in [1.82, 2.24) is 0 Å². The van der Waals surface area contributed by atoms with E-state index in [1.54, 1.807) is 0 Å². The average molecular weight is 426 g/mol. The lowest BCUT2D eigenvalue weighted by molar-refractivity contribution is -0.712.